The monoisotopic (exact) mass is 628 g/mol. The number of amides is 1. The Bertz CT molecular complexity index is 1540. The van der Waals surface area contributed by atoms with E-state index in [2.05, 4.69) is 9.72 Å². The van der Waals surface area contributed by atoms with E-state index in [9.17, 15) is 31.1 Å². The van der Waals surface area contributed by atoms with Crippen LogP contribution in [0.25, 0.3) is 11.1 Å². The Morgan fingerprint density at radius 1 is 0.867 bits per heavy atom. The van der Waals surface area contributed by atoms with Crippen molar-refractivity contribution in [2.24, 2.45) is 10.8 Å². The molecule has 0 aliphatic heterocycles. The average molecular weight is 629 g/mol. The number of fused-ring (bicyclic) bond motifs is 3. The predicted octanol–water partition coefficient (Wildman–Crippen LogP) is 9.28. The number of rotatable bonds is 9. The van der Waals surface area contributed by atoms with Gasteiger partial charge in [0.2, 0.25) is 5.91 Å². The van der Waals surface area contributed by atoms with E-state index in [1.165, 1.54) is 18.2 Å². The van der Waals surface area contributed by atoms with Crippen LogP contribution in [0.2, 0.25) is 0 Å². The van der Waals surface area contributed by atoms with Crippen LogP contribution in [0.5, 0.6) is 5.75 Å². The van der Waals surface area contributed by atoms with Crippen LogP contribution in [0.1, 0.15) is 75.5 Å². The summed E-state index contributed by atoms with van der Waals surface area (Å²) in [6.07, 6.45) is 2.91. The third-order valence-electron chi connectivity index (χ3n) is 11.0. The Morgan fingerprint density at radius 3 is 2.09 bits per heavy atom. The molecule has 0 N–H and O–H groups in total. The van der Waals surface area contributed by atoms with Crippen molar-refractivity contribution in [3.05, 3.63) is 78.1 Å². The summed E-state index contributed by atoms with van der Waals surface area (Å²) in [5.74, 6) is 0.0259. The minimum atomic E-state index is -4.43. The van der Waals surface area contributed by atoms with Gasteiger partial charge in [-0.2, -0.15) is 22.0 Å². The third-order valence-corrected chi connectivity index (χ3v) is 11.0. The Labute approximate surface area is 257 Å². The summed E-state index contributed by atoms with van der Waals surface area (Å²) in [5, 5.41) is 0. The molecule has 9 rings (SSSR count). The number of pyridine rings is 1. The molecule has 6 saturated carbocycles. The van der Waals surface area contributed by atoms with Crippen molar-refractivity contribution in [1.29, 1.82) is 0 Å². The van der Waals surface area contributed by atoms with Crippen molar-refractivity contribution in [3.8, 4) is 16.9 Å². The van der Waals surface area contributed by atoms with E-state index in [1.54, 1.807) is 12.1 Å². The van der Waals surface area contributed by atoms with Crippen molar-refractivity contribution in [3.63, 3.8) is 0 Å². The maximum atomic E-state index is 14.3. The summed E-state index contributed by atoms with van der Waals surface area (Å²) in [6, 6.07) is 16.6. The fourth-order valence-corrected chi connectivity index (χ4v) is 8.57. The van der Waals surface area contributed by atoms with E-state index in [0.29, 0.717) is 31.5 Å². The molecule has 0 saturated heterocycles. The average Bonchev–Trinajstić information content (AvgIpc) is 2.99. The number of alkyl halides is 6. The Hall–Kier alpha value is -3.56. The number of halogens is 6. The molecule has 238 valence electrons. The lowest BCUT2D eigenvalue weighted by molar-refractivity contribution is -0.215. The summed E-state index contributed by atoms with van der Waals surface area (Å²) in [6.45, 7) is -2.41. The molecule has 10 heteroatoms. The van der Waals surface area contributed by atoms with Gasteiger partial charge in [0.25, 0.3) is 0 Å². The first-order valence-corrected chi connectivity index (χ1v) is 15.5. The van der Waals surface area contributed by atoms with Gasteiger partial charge in [-0.25, -0.2) is 4.39 Å². The predicted molar refractivity (Wildman–Crippen MR) is 157 cm³/mol. The lowest BCUT2D eigenvalue weighted by atomic mass is 9.41. The van der Waals surface area contributed by atoms with Crippen LogP contribution < -0.4 is 9.64 Å². The molecule has 3 aromatic rings. The van der Waals surface area contributed by atoms with E-state index in [1.807, 2.05) is 29.2 Å². The largest absolute Gasteiger partial charge is 0.435 e. The van der Waals surface area contributed by atoms with Crippen molar-refractivity contribution in [1.82, 2.24) is 4.98 Å². The zero-order valence-electron chi connectivity index (χ0n) is 24.7. The first-order valence-electron chi connectivity index (χ1n) is 15.5. The third kappa shape index (κ3) is 5.58. The number of hydrogen-bond acceptors (Lipinski definition) is 3. The molecule has 1 aromatic heterocycles. The first-order chi connectivity index (χ1) is 21.3. The zero-order valence-corrected chi connectivity index (χ0v) is 24.7. The van der Waals surface area contributed by atoms with Gasteiger partial charge in [-0.15, -0.1) is 0 Å². The maximum absolute atomic E-state index is 14.3. The summed E-state index contributed by atoms with van der Waals surface area (Å²) < 4.78 is 83.5. The molecule has 6 aliphatic carbocycles. The van der Waals surface area contributed by atoms with Gasteiger partial charge in [-0.3, -0.25) is 9.78 Å². The Balaban J connectivity index is 1.12. The van der Waals surface area contributed by atoms with Gasteiger partial charge >= 0.3 is 12.8 Å². The van der Waals surface area contributed by atoms with Crippen LogP contribution >= 0.6 is 0 Å². The second-order valence-corrected chi connectivity index (χ2v) is 14.0. The molecule has 4 bridgehead atoms. The highest BCUT2D eigenvalue weighted by molar-refractivity contribution is 5.95. The summed E-state index contributed by atoms with van der Waals surface area (Å²) in [5.41, 5.74) is 0.517. The van der Waals surface area contributed by atoms with Crippen molar-refractivity contribution < 1.29 is 35.9 Å². The molecular weight excluding hydrogens is 594 g/mol. The van der Waals surface area contributed by atoms with Crippen LogP contribution in [-0.4, -0.2) is 29.7 Å². The van der Waals surface area contributed by atoms with Crippen molar-refractivity contribution in [2.75, 3.05) is 11.4 Å². The molecule has 0 atom stereocenters. The minimum absolute atomic E-state index is 0.0317. The number of benzene rings is 2. The van der Waals surface area contributed by atoms with E-state index in [4.69, 9.17) is 0 Å². The molecule has 0 spiro atoms. The summed E-state index contributed by atoms with van der Waals surface area (Å²) >= 11 is 0. The molecule has 6 aliphatic rings. The lowest BCUT2D eigenvalue weighted by Crippen LogP contribution is -2.65. The number of carbonyl (C=O) groups excluding carboxylic acids is 1. The normalized spacial score (nSPS) is 30.0. The first kappa shape index (κ1) is 30.1. The van der Waals surface area contributed by atoms with Crippen LogP contribution in [0.4, 0.5) is 32.0 Å². The zero-order chi connectivity index (χ0) is 31.7. The van der Waals surface area contributed by atoms with Gasteiger partial charge in [0, 0.05) is 36.0 Å². The van der Waals surface area contributed by atoms with Gasteiger partial charge in [0.05, 0.1) is 5.56 Å². The highest BCUT2D eigenvalue weighted by atomic mass is 19.4. The van der Waals surface area contributed by atoms with Gasteiger partial charge in [0.1, 0.15) is 11.4 Å². The number of carbonyl (C=O) groups is 1. The molecule has 6 fully saturated rings. The summed E-state index contributed by atoms with van der Waals surface area (Å²) in [7, 11) is 0. The van der Waals surface area contributed by atoms with Crippen molar-refractivity contribution >= 4 is 11.6 Å². The SMILES string of the molecule is O=C(CC12CC(F)(C1)C2)N(CC12CCC(c3ccc(C(F)(F)F)cn3)(CC1)CC2)c1cccc(-c2ccc(OC(F)F)cc2)c1. The number of aromatic nitrogens is 1. The molecular formula is C35H34F6N2O2. The van der Waals surface area contributed by atoms with Crippen LogP contribution in [0, 0.1) is 10.8 Å². The minimum Gasteiger partial charge on any atom is -0.435 e. The van der Waals surface area contributed by atoms with E-state index >= 15 is 0 Å². The smallest absolute Gasteiger partial charge is 0.417 e. The molecule has 4 nitrogen and oxygen atoms in total. The second-order valence-electron chi connectivity index (χ2n) is 14.0. The molecule has 45 heavy (non-hydrogen) atoms. The quantitative estimate of drug-likeness (QED) is 0.222. The molecule has 0 unspecified atom stereocenters. The second kappa shape index (κ2) is 10.5. The van der Waals surface area contributed by atoms with Gasteiger partial charge < -0.3 is 9.64 Å². The standard InChI is InChI=1S/C35H34F6N2O2/c36-30(37)45-27-7-4-23(5-8-27)24-2-1-3-26(16-24)43(29(44)17-32-19-34(38,20-32)21-32)22-31-10-13-33(14-11-31,15-12-31)28-9-6-25(18-42-28)35(39,40)41/h1-9,16,18,30H,10-15,17,19-22H2. The number of hydrogen-bond donors (Lipinski definition) is 0. The molecule has 1 heterocycles. The fourth-order valence-electron chi connectivity index (χ4n) is 8.57. The van der Waals surface area contributed by atoms with Crippen molar-refractivity contribution in [2.45, 2.75) is 88.1 Å². The van der Waals surface area contributed by atoms with Crippen LogP contribution in [0.15, 0.2) is 66.9 Å². The molecule has 1 amide bonds. The Kier molecular flexibility index (Phi) is 7.02. The fraction of sp³-hybridized carbons (Fsp3) is 0.486. The highest BCUT2D eigenvalue weighted by Gasteiger charge is 2.69. The van der Waals surface area contributed by atoms with Gasteiger partial charge in [0.15, 0.2) is 0 Å². The van der Waals surface area contributed by atoms with Gasteiger partial charge in [-0.1, -0.05) is 24.3 Å². The van der Waals surface area contributed by atoms with E-state index in [-0.39, 0.29) is 34.3 Å². The number of anilines is 1. The highest BCUT2D eigenvalue weighted by Crippen LogP contribution is 2.71. The van der Waals surface area contributed by atoms with Crippen LogP contribution in [0.3, 0.4) is 0 Å². The molecule has 2 aromatic carbocycles. The van der Waals surface area contributed by atoms with E-state index in [0.717, 1.165) is 67.6 Å². The number of ether oxygens (including phenoxy) is 1. The molecule has 0 radical (unpaired) electrons. The number of nitrogens with zero attached hydrogens (tertiary/aromatic N) is 2. The van der Waals surface area contributed by atoms with Crippen LogP contribution in [-0.2, 0) is 16.4 Å². The topological polar surface area (TPSA) is 42.4 Å². The lowest BCUT2D eigenvalue weighted by Gasteiger charge is -2.66. The van der Waals surface area contributed by atoms with Gasteiger partial charge in [-0.05, 0) is 116 Å². The van der Waals surface area contributed by atoms with E-state index < -0.39 is 24.0 Å². The maximum Gasteiger partial charge on any atom is 0.417 e. The Morgan fingerprint density at radius 2 is 1.53 bits per heavy atom. The summed E-state index contributed by atoms with van der Waals surface area (Å²) in [4.78, 5) is 20.2.